The maximum Gasteiger partial charge on any atom is 0.223 e. The predicted octanol–water partition coefficient (Wildman–Crippen LogP) is 2.52. The molecule has 4 aliphatic carbocycles. The summed E-state index contributed by atoms with van der Waals surface area (Å²) in [5.74, 6) is 7.84. The molecular weight excluding hydrogens is 284 g/mol. The summed E-state index contributed by atoms with van der Waals surface area (Å²) < 4.78 is 0. The molecule has 126 valence electrons. The first-order valence-electron chi connectivity index (χ1n) is 9.66. The number of amides is 1. The molecule has 0 aromatic carbocycles. The molecule has 0 atom stereocenters. The van der Waals surface area contributed by atoms with Crippen molar-refractivity contribution in [2.24, 2.45) is 35.5 Å². The maximum absolute atomic E-state index is 12.5. The van der Waals surface area contributed by atoms with Gasteiger partial charge in [-0.05, 0) is 87.6 Å². The van der Waals surface area contributed by atoms with Crippen molar-refractivity contribution >= 4 is 5.91 Å². The zero-order valence-corrected chi connectivity index (χ0v) is 14.2. The van der Waals surface area contributed by atoms with Crippen LogP contribution in [-0.2, 0) is 4.79 Å². The lowest BCUT2D eigenvalue weighted by molar-refractivity contribution is -0.127. The van der Waals surface area contributed by atoms with Crippen molar-refractivity contribution in [1.82, 2.24) is 10.2 Å². The number of rotatable bonds is 4. The highest BCUT2D eigenvalue weighted by Crippen LogP contribution is 2.56. The summed E-state index contributed by atoms with van der Waals surface area (Å²) in [6.07, 6.45) is 14.6. The second-order valence-corrected chi connectivity index (χ2v) is 8.59. The Morgan fingerprint density at radius 3 is 2.22 bits per heavy atom. The molecule has 1 saturated heterocycles. The number of carbonyl (C=O) groups excluding carboxylic acids is 1. The quantitative estimate of drug-likeness (QED) is 0.809. The van der Waals surface area contributed by atoms with Crippen LogP contribution >= 0.6 is 0 Å². The summed E-state index contributed by atoms with van der Waals surface area (Å²) in [7, 11) is 0. The van der Waals surface area contributed by atoms with Crippen molar-refractivity contribution < 1.29 is 4.79 Å². The number of hydrogen-bond acceptors (Lipinski definition) is 2. The van der Waals surface area contributed by atoms with Crippen LogP contribution in [0.3, 0.4) is 0 Å². The fourth-order valence-electron chi connectivity index (χ4n) is 6.22. The SMILES string of the molecule is C#CCN1CCC(C(=O)NCC2C3CC4CC(C3)CC2C4)CC1. The normalized spacial score (nSPS) is 40.0. The molecule has 5 fully saturated rings. The number of nitrogens with zero attached hydrogens (tertiary/aromatic N) is 1. The molecule has 4 saturated carbocycles. The summed E-state index contributed by atoms with van der Waals surface area (Å²) in [6, 6.07) is 0. The lowest BCUT2D eigenvalue weighted by atomic mass is 9.52. The Morgan fingerprint density at radius 1 is 1.04 bits per heavy atom. The van der Waals surface area contributed by atoms with Gasteiger partial charge in [0.05, 0.1) is 6.54 Å². The van der Waals surface area contributed by atoms with Gasteiger partial charge in [0.2, 0.25) is 5.91 Å². The fraction of sp³-hybridized carbons (Fsp3) is 0.850. The first kappa shape index (κ1) is 15.5. The van der Waals surface area contributed by atoms with Crippen LogP contribution in [0, 0.1) is 47.9 Å². The highest BCUT2D eigenvalue weighted by Gasteiger charge is 2.48. The van der Waals surface area contributed by atoms with Gasteiger partial charge in [-0.1, -0.05) is 5.92 Å². The zero-order chi connectivity index (χ0) is 15.8. The second-order valence-electron chi connectivity index (χ2n) is 8.59. The minimum absolute atomic E-state index is 0.209. The Bertz CT molecular complexity index is 458. The standard InChI is InChI=1S/C20H30N2O/c1-2-5-22-6-3-16(4-7-22)20(23)21-13-19-17-9-14-8-15(11-17)12-18(19)10-14/h1,14-19H,3-13H2,(H,21,23). The van der Waals surface area contributed by atoms with Gasteiger partial charge in [0.25, 0.3) is 0 Å². The third kappa shape index (κ3) is 3.15. The van der Waals surface area contributed by atoms with Crippen LogP contribution in [0.15, 0.2) is 0 Å². The van der Waals surface area contributed by atoms with Gasteiger partial charge in [-0.25, -0.2) is 0 Å². The lowest BCUT2D eigenvalue weighted by Gasteiger charge is -2.54. The van der Waals surface area contributed by atoms with Gasteiger partial charge in [-0.3, -0.25) is 9.69 Å². The number of carbonyl (C=O) groups is 1. The molecule has 5 rings (SSSR count). The molecule has 0 spiro atoms. The summed E-state index contributed by atoms with van der Waals surface area (Å²) in [6.45, 7) is 3.61. The minimum atomic E-state index is 0.209. The molecule has 0 unspecified atom stereocenters. The van der Waals surface area contributed by atoms with Gasteiger partial charge in [-0.2, -0.15) is 0 Å². The molecule has 3 nitrogen and oxygen atoms in total. The molecule has 3 heteroatoms. The topological polar surface area (TPSA) is 32.3 Å². The first-order chi connectivity index (χ1) is 11.2. The van der Waals surface area contributed by atoms with Crippen LogP contribution in [0.1, 0.15) is 44.9 Å². The lowest BCUT2D eigenvalue weighted by Crippen LogP contribution is -2.50. The van der Waals surface area contributed by atoms with Crippen LogP contribution in [0.2, 0.25) is 0 Å². The van der Waals surface area contributed by atoms with Crippen LogP contribution < -0.4 is 5.32 Å². The van der Waals surface area contributed by atoms with Crippen LogP contribution in [0.4, 0.5) is 0 Å². The molecule has 5 aliphatic rings. The Labute approximate surface area is 140 Å². The van der Waals surface area contributed by atoms with Crippen molar-refractivity contribution in [1.29, 1.82) is 0 Å². The number of terminal acetylenes is 1. The fourth-order valence-corrected chi connectivity index (χ4v) is 6.22. The van der Waals surface area contributed by atoms with E-state index < -0.39 is 0 Å². The van der Waals surface area contributed by atoms with Crippen molar-refractivity contribution in [3.63, 3.8) is 0 Å². The molecule has 1 N–H and O–H groups in total. The van der Waals surface area contributed by atoms with E-state index in [1.807, 2.05) is 0 Å². The Balaban J connectivity index is 1.25. The molecule has 1 heterocycles. The third-order valence-corrected chi connectivity index (χ3v) is 7.21. The van der Waals surface area contributed by atoms with Crippen molar-refractivity contribution in [3.05, 3.63) is 0 Å². The van der Waals surface area contributed by atoms with E-state index in [2.05, 4.69) is 16.1 Å². The predicted molar refractivity (Wildman–Crippen MR) is 91.5 cm³/mol. The largest absolute Gasteiger partial charge is 0.356 e. The van der Waals surface area contributed by atoms with E-state index in [0.29, 0.717) is 5.91 Å². The van der Waals surface area contributed by atoms with Gasteiger partial charge in [0, 0.05) is 12.5 Å². The van der Waals surface area contributed by atoms with E-state index in [0.717, 1.165) is 68.6 Å². The monoisotopic (exact) mass is 314 g/mol. The molecule has 4 bridgehead atoms. The van der Waals surface area contributed by atoms with Crippen LogP contribution in [0.25, 0.3) is 0 Å². The molecular formula is C20H30N2O. The molecule has 23 heavy (non-hydrogen) atoms. The van der Waals surface area contributed by atoms with E-state index in [9.17, 15) is 4.79 Å². The van der Waals surface area contributed by atoms with E-state index in [-0.39, 0.29) is 5.92 Å². The molecule has 0 aromatic heterocycles. The summed E-state index contributed by atoms with van der Waals surface area (Å²) in [4.78, 5) is 14.8. The number of likely N-dealkylation sites (tertiary alicyclic amines) is 1. The van der Waals surface area contributed by atoms with Gasteiger partial charge in [0.15, 0.2) is 0 Å². The van der Waals surface area contributed by atoms with Gasteiger partial charge in [0.1, 0.15) is 0 Å². The summed E-state index contributed by atoms with van der Waals surface area (Å²) in [5.41, 5.74) is 0. The molecule has 0 aromatic rings. The van der Waals surface area contributed by atoms with Crippen LogP contribution in [0.5, 0.6) is 0 Å². The second kappa shape index (κ2) is 6.48. The first-order valence-corrected chi connectivity index (χ1v) is 9.66. The highest BCUT2D eigenvalue weighted by molar-refractivity contribution is 5.78. The molecule has 1 aliphatic heterocycles. The van der Waals surface area contributed by atoms with Gasteiger partial charge < -0.3 is 5.32 Å². The Kier molecular flexibility index (Phi) is 4.37. The number of nitrogens with one attached hydrogen (secondary N) is 1. The summed E-state index contributed by atoms with van der Waals surface area (Å²) >= 11 is 0. The maximum atomic E-state index is 12.5. The highest BCUT2D eigenvalue weighted by atomic mass is 16.1. The van der Waals surface area contributed by atoms with Gasteiger partial charge in [-0.15, -0.1) is 6.42 Å². The number of piperidine rings is 1. The molecule has 1 amide bonds. The van der Waals surface area contributed by atoms with E-state index in [4.69, 9.17) is 6.42 Å². The van der Waals surface area contributed by atoms with Crippen molar-refractivity contribution in [2.75, 3.05) is 26.2 Å². The third-order valence-electron chi connectivity index (χ3n) is 7.21. The average molecular weight is 314 g/mol. The zero-order valence-electron chi connectivity index (χ0n) is 14.2. The smallest absolute Gasteiger partial charge is 0.223 e. The van der Waals surface area contributed by atoms with Crippen LogP contribution in [-0.4, -0.2) is 37.0 Å². The van der Waals surface area contributed by atoms with E-state index in [1.165, 1.54) is 32.1 Å². The number of hydrogen-bond donors (Lipinski definition) is 1. The molecule has 0 radical (unpaired) electrons. The summed E-state index contributed by atoms with van der Waals surface area (Å²) in [5, 5.41) is 3.33. The van der Waals surface area contributed by atoms with E-state index in [1.54, 1.807) is 0 Å². The Hall–Kier alpha value is -1.01. The van der Waals surface area contributed by atoms with E-state index >= 15 is 0 Å². The Morgan fingerprint density at radius 2 is 1.65 bits per heavy atom. The van der Waals surface area contributed by atoms with Crippen molar-refractivity contribution in [3.8, 4) is 12.3 Å². The van der Waals surface area contributed by atoms with Gasteiger partial charge >= 0.3 is 0 Å². The van der Waals surface area contributed by atoms with Crippen molar-refractivity contribution in [2.45, 2.75) is 44.9 Å². The minimum Gasteiger partial charge on any atom is -0.356 e. The average Bonchev–Trinajstić information content (AvgIpc) is 2.54.